The van der Waals surface area contributed by atoms with Crippen LogP contribution in [-0.2, 0) is 10.0 Å². The SMILES string of the molecule is Cc1ccc(NS(=O)(=O)c2ccc(N[C@H](CO)C(C)(C)C)c([N+](=O)[O-])c2)c(C)c1. The summed E-state index contributed by atoms with van der Waals surface area (Å²) in [6.07, 6.45) is 0. The molecule has 0 saturated heterocycles. The number of hydrogen-bond donors (Lipinski definition) is 3. The van der Waals surface area contributed by atoms with Gasteiger partial charge in [0.05, 0.1) is 28.2 Å². The van der Waals surface area contributed by atoms with E-state index >= 15 is 0 Å². The third-order valence-corrected chi connectivity index (χ3v) is 6.02. The van der Waals surface area contributed by atoms with Crippen molar-refractivity contribution in [3.8, 4) is 0 Å². The minimum Gasteiger partial charge on any atom is -0.394 e. The van der Waals surface area contributed by atoms with Crippen LogP contribution in [0.5, 0.6) is 0 Å². The first kappa shape index (κ1) is 22.6. The number of aliphatic hydroxyl groups is 1. The molecule has 0 spiro atoms. The van der Waals surface area contributed by atoms with E-state index in [-0.39, 0.29) is 28.3 Å². The Kier molecular flexibility index (Phi) is 6.54. The lowest BCUT2D eigenvalue weighted by Gasteiger charge is -2.30. The van der Waals surface area contributed by atoms with Crippen molar-refractivity contribution in [2.45, 2.75) is 45.6 Å². The molecule has 0 aromatic heterocycles. The van der Waals surface area contributed by atoms with Gasteiger partial charge >= 0.3 is 0 Å². The van der Waals surface area contributed by atoms with Gasteiger partial charge in [0.15, 0.2) is 0 Å². The first-order valence-electron chi connectivity index (χ1n) is 9.11. The second-order valence-electron chi connectivity index (χ2n) is 8.11. The van der Waals surface area contributed by atoms with Gasteiger partial charge in [-0.25, -0.2) is 8.42 Å². The van der Waals surface area contributed by atoms with Crippen molar-refractivity contribution >= 4 is 27.1 Å². The molecule has 0 radical (unpaired) electrons. The Balaban J connectivity index is 2.41. The van der Waals surface area contributed by atoms with Crippen LogP contribution >= 0.6 is 0 Å². The van der Waals surface area contributed by atoms with E-state index in [1.54, 1.807) is 19.1 Å². The highest BCUT2D eigenvalue weighted by Crippen LogP contribution is 2.32. The molecule has 0 fully saturated rings. The van der Waals surface area contributed by atoms with Crippen LogP contribution in [0.2, 0.25) is 0 Å². The zero-order valence-corrected chi connectivity index (χ0v) is 18.0. The average molecular weight is 422 g/mol. The summed E-state index contributed by atoms with van der Waals surface area (Å²) in [7, 11) is -4.02. The second-order valence-corrected chi connectivity index (χ2v) is 9.79. The molecule has 0 aliphatic rings. The Labute approximate surface area is 171 Å². The molecule has 9 heteroatoms. The number of hydrogen-bond acceptors (Lipinski definition) is 6. The maximum atomic E-state index is 12.8. The second kappa shape index (κ2) is 8.38. The molecular formula is C20H27N3O5S. The third kappa shape index (κ3) is 5.45. The number of aryl methyl sites for hydroxylation is 2. The van der Waals surface area contributed by atoms with Crippen molar-refractivity contribution in [1.29, 1.82) is 0 Å². The van der Waals surface area contributed by atoms with Crippen LogP contribution in [0.15, 0.2) is 41.3 Å². The molecule has 0 amide bonds. The maximum Gasteiger partial charge on any atom is 0.293 e. The fraction of sp³-hybridized carbons (Fsp3) is 0.400. The average Bonchev–Trinajstić information content (AvgIpc) is 2.60. The summed E-state index contributed by atoms with van der Waals surface area (Å²) in [5.74, 6) is 0. The van der Waals surface area contributed by atoms with Crippen LogP contribution in [-0.4, -0.2) is 31.1 Å². The predicted molar refractivity (Wildman–Crippen MR) is 114 cm³/mol. The molecular weight excluding hydrogens is 394 g/mol. The van der Waals surface area contributed by atoms with E-state index in [2.05, 4.69) is 10.0 Å². The van der Waals surface area contributed by atoms with E-state index in [1.165, 1.54) is 12.1 Å². The quantitative estimate of drug-likeness (QED) is 0.461. The number of anilines is 2. The van der Waals surface area contributed by atoms with Crippen molar-refractivity contribution in [3.63, 3.8) is 0 Å². The lowest BCUT2D eigenvalue weighted by molar-refractivity contribution is -0.384. The summed E-state index contributed by atoms with van der Waals surface area (Å²) in [5, 5.41) is 24.1. The molecule has 0 aliphatic carbocycles. The van der Waals surface area contributed by atoms with Crippen LogP contribution in [0.3, 0.4) is 0 Å². The maximum absolute atomic E-state index is 12.8. The number of benzene rings is 2. The minimum absolute atomic E-state index is 0.148. The number of nitrogens with zero attached hydrogens (tertiary/aromatic N) is 1. The summed E-state index contributed by atoms with van der Waals surface area (Å²) in [6.45, 7) is 9.12. The van der Waals surface area contributed by atoms with E-state index < -0.39 is 21.0 Å². The minimum atomic E-state index is -4.02. The molecule has 158 valence electrons. The molecule has 0 aliphatic heterocycles. The highest BCUT2D eigenvalue weighted by Gasteiger charge is 2.28. The normalized spacial score (nSPS) is 13.0. The van der Waals surface area contributed by atoms with Gasteiger partial charge in [-0.05, 0) is 43.0 Å². The Morgan fingerprint density at radius 3 is 2.24 bits per heavy atom. The Morgan fingerprint density at radius 2 is 1.72 bits per heavy atom. The standard InChI is InChI=1S/C20H27N3O5S/c1-13-6-8-16(14(2)10-13)22-29(27,28)15-7-9-17(18(11-15)23(25)26)21-19(12-24)20(3,4)5/h6-11,19,21-22,24H,12H2,1-5H3/t19-/m1/s1. The Morgan fingerprint density at radius 1 is 1.10 bits per heavy atom. The smallest absolute Gasteiger partial charge is 0.293 e. The highest BCUT2D eigenvalue weighted by molar-refractivity contribution is 7.92. The number of aliphatic hydroxyl groups excluding tert-OH is 1. The molecule has 29 heavy (non-hydrogen) atoms. The number of rotatable bonds is 7. The van der Waals surface area contributed by atoms with Crippen LogP contribution in [0, 0.1) is 29.4 Å². The number of nitro groups is 1. The molecule has 8 nitrogen and oxygen atoms in total. The van der Waals surface area contributed by atoms with Gasteiger partial charge in [0.2, 0.25) is 0 Å². The van der Waals surface area contributed by atoms with Gasteiger partial charge in [0.25, 0.3) is 15.7 Å². The van der Waals surface area contributed by atoms with E-state index in [4.69, 9.17) is 0 Å². The molecule has 2 aromatic rings. The summed E-state index contributed by atoms with van der Waals surface area (Å²) >= 11 is 0. The fourth-order valence-electron chi connectivity index (χ4n) is 2.81. The summed E-state index contributed by atoms with van der Waals surface area (Å²) in [5.41, 5.74) is 1.56. The third-order valence-electron chi connectivity index (χ3n) is 4.66. The van der Waals surface area contributed by atoms with Crippen molar-refractivity contribution in [1.82, 2.24) is 0 Å². The van der Waals surface area contributed by atoms with Crippen molar-refractivity contribution in [3.05, 3.63) is 57.6 Å². The van der Waals surface area contributed by atoms with Gasteiger partial charge in [0.1, 0.15) is 5.69 Å². The number of nitro benzene ring substituents is 1. The van der Waals surface area contributed by atoms with E-state index in [9.17, 15) is 23.6 Å². The van der Waals surface area contributed by atoms with Crippen LogP contribution in [0.1, 0.15) is 31.9 Å². The first-order chi connectivity index (χ1) is 13.3. The molecule has 0 heterocycles. The predicted octanol–water partition coefficient (Wildman–Crippen LogP) is 3.83. The Bertz CT molecular complexity index is 1010. The summed E-state index contributed by atoms with van der Waals surface area (Å²) < 4.78 is 28.0. The highest BCUT2D eigenvalue weighted by atomic mass is 32.2. The van der Waals surface area contributed by atoms with Gasteiger partial charge in [0, 0.05) is 6.07 Å². The molecule has 0 unspecified atom stereocenters. The molecule has 0 saturated carbocycles. The van der Waals surface area contributed by atoms with Crippen LogP contribution in [0.4, 0.5) is 17.1 Å². The van der Waals surface area contributed by atoms with Crippen LogP contribution < -0.4 is 10.0 Å². The van der Waals surface area contributed by atoms with Gasteiger partial charge in [-0.1, -0.05) is 38.5 Å². The van der Waals surface area contributed by atoms with E-state index in [0.29, 0.717) is 5.69 Å². The lowest BCUT2D eigenvalue weighted by Crippen LogP contribution is -2.37. The zero-order chi connectivity index (χ0) is 22.0. The van der Waals surface area contributed by atoms with Gasteiger partial charge in [-0.2, -0.15) is 0 Å². The topological polar surface area (TPSA) is 122 Å². The monoisotopic (exact) mass is 421 g/mol. The fourth-order valence-corrected chi connectivity index (χ4v) is 3.96. The largest absolute Gasteiger partial charge is 0.394 e. The van der Waals surface area contributed by atoms with Crippen LogP contribution in [0.25, 0.3) is 0 Å². The number of sulfonamides is 1. The molecule has 2 rings (SSSR count). The first-order valence-corrected chi connectivity index (χ1v) is 10.6. The molecule has 0 bridgehead atoms. The van der Waals surface area contributed by atoms with Gasteiger partial charge in [-0.3, -0.25) is 14.8 Å². The van der Waals surface area contributed by atoms with Gasteiger partial charge < -0.3 is 10.4 Å². The number of nitrogens with one attached hydrogen (secondary N) is 2. The summed E-state index contributed by atoms with van der Waals surface area (Å²) in [4.78, 5) is 10.7. The van der Waals surface area contributed by atoms with E-state index in [0.717, 1.165) is 17.2 Å². The summed E-state index contributed by atoms with van der Waals surface area (Å²) in [6, 6.07) is 8.50. The Hall–Kier alpha value is -2.65. The zero-order valence-electron chi connectivity index (χ0n) is 17.2. The molecule has 1 atom stereocenters. The van der Waals surface area contributed by atoms with Crippen molar-refractivity contribution < 1.29 is 18.4 Å². The lowest BCUT2D eigenvalue weighted by atomic mass is 9.87. The van der Waals surface area contributed by atoms with Crippen molar-refractivity contribution in [2.24, 2.45) is 5.41 Å². The van der Waals surface area contributed by atoms with Gasteiger partial charge in [-0.15, -0.1) is 0 Å². The van der Waals surface area contributed by atoms with Crippen molar-refractivity contribution in [2.75, 3.05) is 16.6 Å². The molecule has 2 aromatic carbocycles. The van der Waals surface area contributed by atoms with E-state index in [1.807, 2.05) is 33.8 Å². The molecule has 3 N–H and O–H groups in total.